The standard InChI is InChI=1S/C31H23O4/c1-34-24-17-18-27-25(19-24)26(20-28(35-27)21-11-5-2-6-12-21)29(30(32)22-13-7-3-8-14-22)31(33)23-15-9-4-10-16-23/h2-20,29H,1H3/q+1. The minimum absolute atomic E-state index is 0.270. The van der Waals surface area contributed by atoms with Crippen molar-refractivity contribution >= 4 is 22.5 Å². The number of hydrogen-bond donors (Lipinski definition) is 0. The van der Waals surface area contributed by atoms with Crippen molar-refractivity contribution in [3.8, 4) is 17.1 Å². The summed E-state index contributed by atoms with van der Waals surface area (Å²) in [5.74, 6) is -0.416. The summed E-state index contributed by atoms with van der Waals surface area (Å²) < 4.78 is 11.7. The number of hydrogen-bond acceptors (Lipinski definition) is 3. The Morgan fingerprint density at radius 3 is 1.77 bits per heavy atom. The van der Waals surface area contributed by atoms with Crippen LogP contribution in [0.1, 0.15) is 32.2 Å². The average molecular weight is 460 g/mol. The number of benzene rings is 4. The highest BCUT2D eigenvalue weighted by atomic mass is 16.5. The van der Waals surface area contributed by atoms with Crippen LogP contribution in [0.2, 0.25) is 0 Å². The van der Waals surface area contributed by atoms with Crippen LogP contribution >= 0.6 is 0 Å². The highest BCUT2D eigenvalue weighted by Crippen LogP contribution is 2.37. The topological polar surface area (TPSA) is 54.7 Å². The molecule has 0 atom stereocenters. The van der Waals surface area contributed by atoms with Gasteiger partial charge >= 0.3 is 11.3 Å². The molecule has 0 aliphatic carbocycles. The molecule has 0 unspecified atom stereocenters. The maximum Gasteiger partial charge on any atom is 0.361 e. The van der Waals surface area contributed by atoms with E-state index in [4.69, 9.17) is 9.15 Å². The normalized spacial score (nSPS) is 10.9. The maximum atomic E-state index is 13.9. The molecular formula is C31H23O4+. The summed E-state index contributed by atoms with van der Waals surface area (Å²) in [4.78, 5) is 27.8. The summed E-state index contributed by atoms with van der Waals surface area (Å²) in [6.45, 7) is 0. The number of methoxy groups -OCH3 is 1. The molecule has 35 heavy (non-hydrogen) atoms. The van der Waals surface area contributed by atoms with Gasteiger partial charge in [-0.15, -0.1) is 0 Å². The Morgan fingerprint density at radius 1 is 0.686 bits per heavy atom. The van der Waals surface area contributed by atoms with E-state index in [1.807, 2.05) is 54.6 Å². The van der Waals surface area contributed by atoms with Crippen LogP contribution in [0.15, 0.2) is 120 Å². The first-order chi connectivity index (χ1) is 17.2. The van der Waals surface area contributed by atoms with Crippen molar-refractivity contribution in [1.82, 2.24) is 0 Å². The van der Waals surface area contributed by atoms with E-state index in [9.17, 15) is 9.59 Å². The van der Waals surface area contributed by atoms with Crippen molar-refractivity contribution in [3.05, 3.63) is 132 Å². The minimum atomic E-state index is -1.06. The SMILES string of the molecule is COc1ccc2[o+]c(-c3ccccc3)cc(C(C(=O)c3ccccc3)C(=O)c3ccccc3)c2c1. The lowest BCUT2D eigenvalue weighted by Gasteiger charge is -2.16. The van der Waals surface area contributed by atoms with Crippen molar-refractivity contribution in [1.29, 1.82) is 0 Å². The number of ketones is 2. The number of fused-ring (bicyclic) bond motifs is 1. The van der Waals surface area contributed by atoms with E-state index in [0.717, 1.165) is 5.56 Å². The van der Waals surface area contributed by atoms with Crippen molar-refractivity contribution in [3.63, 3.8) is 0 Å². The van der Waals surface area contributed by atoms with Crippen LogP contribution < -0.4 is 4.74 Å². The van der Waals surface area contributed by atoms with Crippen molar-refractivity contribution < 1.29 is 18.7 Å². The first-order valence-electron chi connectivity index (χ1n) is 11.3. The molecule has 170 valence electrons. The summed E-state index contributed by atoms with van der Waals surface area (Å²) in [6, 6.07) is 34.7. The third-order valence-electron chi connectivity index (χ3n) is 6.01. The quantitative estimate of drug-likeness (QED) is 0.146. The predicted octanol–water partition coefficient (Wildman–Crippen LogP) is 7.24. The monoisotopic (exact) mass is 459 g/mol. The van der Waals surface area contributed by atoms with Crippen LogP contribution in [-0.2, 0) is 0 Å². The smallest absolute Gasteiger partial charge is 0.361 e. The second-order valence-corrected chi connectivity index (χ2v) is 8.19. The second kappa shape index (κ2) is 9.74. The molecule has 0 spiro atoms. The molecule has 0 bridgehead atoms. The fourth-order valence-electron chi connectivity index (χ4n) is 4.24. The van der Waals surface area contributed by atoms with Crippen molar-refractivity contribution in [2.45, 2.75) is 5.92 Å². The van der Waals surface area contributed by atoms with Gasteiger partial charge < -0.3 is 4.74 Å². The Labute approximate surface area is 203 Å². The number of carbonyl (C=O) groups is 2. The number of Topliss-reactive ketones (excluding diaryl/α,β-unsaturated/α-hetero) is 2. The van der Waals surface area contributed by atoms with E-state index in [1.54, 1.807) is 67.8 Å². The highest BCUT2D eigenvalue weighted by molar-refractivity contribution is 6.21. The van der Waals surface area contributed by atoms with Crippen molar-refractivity contribution in [2.75, 3.05) is 7.11 Å². The zero-order valence-electron chi connectivity index (χ0n) is 19.2. The van der Waals surface area contributed by atoms with E-state index >= 15 is 0 Å². The molecule has 0 aliphatic rings. The Morgan fingerprint density at radius 2 is 1.23 bits per heavy atom. The summed E-state index contributed by atoms with van der Waals surface area (Å²) in [5.41, 5.74) is 2.94. The van der Waals surface area contributed by atoms with Crippen LogP contribution in [0.25, 0.3) is 22.3 Å². The molecule has 0 amide bonds. The van der Waals surface area contributed by atoms with E-state index < -0.39 is 5.92 Å². The predicted molar refractivity (Wildman–Crippen MR) is 137 cm³/mol. The van der Waals surface area contributed by atoms with Gasteiger partial charge in [0.1, 0.15) is 11.7 Å². The van der Waals surface area contributed by atoms with E-state index in [2.05, 4.69) is 0 Å². The van der Waals surface area contributed by atoms with Gasteiger partial charge in [-0.3, -0.25) is 9.59 Å². The molecule has 0 fully saturated rings. The lowest BCUT2D eigenvalue weighted by molar-refractivity contribution is 0.0861. The molecular weight excluding hydrogens is 436 g/mol. The Kier molecular flexibility index (Phi) is 6.18. The van der Waals surface area contributed by atoms with Gasteiger partial charge in [0.2, 0.25) is 0 Å². The lowest BCUT2D eigenvalue weighted by Crippen LogP contribution is -2.23. The minimum Gasteiger partial charge on any atom is -0.497 e. The molecule has 0 saturated heterocycles. The van der Waals surface area contributed by atoms with Gasteiger partial charge in [-0.25, -0.2) is 4.42 Å². The molecule has 0 radical (unpaired) electrons. The highest BCUT2D eigenvalue weighted by Gasteiger charge is 2.35. The van der Waals surface area contributed by atoms with Crippen LogP contribution in [-0.4, -0.2) is 18.7 Å². The molecule has 0 aliphatic heterocycles. The summed E-state index contributed by atoms with van der Waals surface area (Å²) in [7, 11) is 1.58. The van der Waals surface area contributed by atoms with Crippen molar-refractivity contribution in [2.24, 2.45) is 0 Å². The zero-order valence-corrected chi connectivity index (χ0v) is 19.2. The van der Waals surface area contributed by atoms with Gasteiger partial charge in [0.15, 0.2) is 11.6 Å². The van der Waals surface area contributed by atoms with Gasteiger partial charge in [0, 0.05) is 23.3 Å². The maximum absolute atomic E-state index is 13.9. The third-order valence-corrected chi connectivity index (χ3v) is 6.01. The number of carbonyl (C=O) groups excluding carboxylic acids is 2. The summed E-state index contributed by atoms with van der Waals surface area (Å²) in [5, 5.41) is 0.655. The van der Waals surface area contributed by atoms with Crippen LogP contribution in [0.4, 0.5) is 0 Å². The average Bonchev–Trinajstić information content (AvgIpc) is 2.94. The van der Waals surface area contributed by atoms with E-state index in [1.165, 1.54) is 0 Å². The lowest BCUT2D eigenvalue weighted by atomic mass is 9.82. The summed E-state index contributed by atoms with van der Waals surface area (Å²) >= 11 is 0. The van der Waals surface area contributed by atoms with Gasteiger partial charge in [-0.05, 0) is 29.8 Å². The molecule has 4 heteroatoms. The Hall–Kier alpha value is -4.57. The van der Waals surface area contributed by atoms with E-state index in [0.29, 0.717) is 39.2 Å². The van der Waals surface area contributed by atoms with Crippen LogP contribution in [0.5, 0.6) is 5.75 Å². The van der Waals surface area contributed by atoms with E-state index in [-0.39, 0.29) is 11.6 Å². The Balaban J connectivity index is 1.79. The third kappa shape index (κ3) is 4.46. The molecule has 4 aromatic carbocycles. The molecule has 1 aromatic heterocycles. The fraction of sp³-hybridized carbons (Fsp3) is 0.0645. The van der Waals surface area contributed by atoms with Crippen LogP contribution in [0, 0.1) is 0 Å². The number of ether oxygens (including phenoxy) is 1. The first-order valence-corrected chi connectivity index (χ1v) is 11.3. The largest absolute Gasteiger partial charge is 0.497 e. The first kappa shape index (κ1) is 22.2. The second-order valence-electron chi connectivity index (χ2n) is 8.19. The van der Waals surface area contributed by atoms with Gasteiger partial charge in [0.25, 0.3) is 0 Å². The Bertz CT molecular complexity index is 1440. The summed E-state index contributed by atoms with van der Waals surface area (Å²) in [6.07, 6.45) is 0. The molecule has 0 saturated carbocycles. The molecule has 4 nitrogen and oxygen atoms in total. The molecule has 1 heterocycles. The zero-order chi connectivity index (χ0) is 24.2. The molecule has 5 aromatic rings. The van der Waals surface area contributed by atoms with Gasteiger partial charge in [-0.2, -0.15) is 0 Å². The molecule has 0 N–H and O–H groups in total. The molecule has 5 rings (SSSR count). The fourth-order valence-corrected chi connectivity index (χ4v) is 4.24. The number of rotatable bonds is 7. The van der Waals surface area contributed by atoms with Gasteiger partial charge in [-0.1, -0.05) is 78.9 Å². The van der Waals surface area contributed by atoms with Crippen LogP contribution in [0.3, 0.4) is 0 Å². The van der Waals surface area contributed by atoms with Gasteiger partial charge in [0.05, 0.1) is 18.1 Å².